The minimum Gasteiger partial charge on any atom is -0.392 e. The van der Waals surface area contributed by atoms with Gasteiger partial charge in [0.1, 0.15) is 12.7 Å². The van der Waals surface area contributed by atoms with Gasteiger partial charge in [-0.1, -0.05) is 38.1 Å². The van der Waals surface area contributed by atoms with Crippen molar-refractivity contribution in [2.75, 3.05) is 6.61 Å². The molecule has 0 aliphatic heterocycles. The maximum absolute atomic E-state index is 11.0. The summed E-state index contributed by atoms with van der Waals surface area (Å²) >= 11 is 0. The van der Waals surface area contributed by atoms with E-state index in [1.165, 1.54) is 16.3 Å². The molecule has 1 aromatic heterocycles. The Kier molecular flexibility index (Phi) is 5.65. The van der Waals surface area contributed by atoms with E-state index in [2.05, 4.69) is 31.0 Å². The second kappa shape index (κ2) is 7.69. The molecular weight excluding hydrogens is 294 g/mol. The molecule has 0 fully saturated rings. The molecule has 0 amide bonds. The summed E-state index contributed by atoms with van der Waals surface area (Å²) in [6.45, 7) is 4.31. The number of hydrogen-bond acceptors (Lipinski definition) is 4. The Morgan fingerprint density at radius 2 is 2.04 bits per heavy atom. The van der Waals surface area contributed by atoms with E-state index in [9.17, 15) is 10.1 Å². The van der Waals surface area contributed by atoms with Gasteiger partial charge in [-0.3, -0.25) is 0 Å². The molecule has 2 aromatic rings. The van der Waals surface area contributed by atoms with Crippen LogP contribution >= 0.6 is 0 Å². The maximum Gasteiger partial charge on any atom is 0.343 e. The number of imidazole rings is 1. The molecular formula is C17H21N3O3. The number of hydrogen-bond donors (Lipinski definition) is 1. The van der Waals surface area contributed by atoms with Gasteiger partial charge in [0.2, 0.25) is 5.82 Å². The van der Waals surface area contributed by atoms with E-state index in [-0.39, 0.29) is 19.0 Å². The molecule has 6 heteroatoms. The van der Waals surface area contributed by atoms with Crippen LogP contribution in [-0.2, 0) is 6.54 Å². The Bertz CT molecular complexity index is 690. The summed E-state index contributed by atoms with van der Waals surface area (Å²) < 4.78 is 1.39. The fraction of sp³-hybridized carbons (Fsp3) is 0.353. The van der Waals surface area contributed by atoms with Gasteiger partial charge in [-0.2, -0.15) is 0 Å². The van der Waals surface area contributed by atoms with Gasteiger partial charge in [0.05, 0.1) is 6.61 Å². The summed E-state index contributed by atoms with van der Waals surface area (Å²) in [5.74, 6) is 0.863. The van der Waals surface area contributed by atoms with Crippen LogP contribution in [0, 0.1) is 10.1 Å². The van der Waals surface area contributed by atoms with Crippen molar-refractivity contribution >= 4 is 18.0 Å². The van der Waals surface area contributed by atoms with Gasteiger partial charge in [-0.25, -0.2) is 9.55 Å². The number of aliphatic hydroxyl groups excluding tert-OH is 1. The minimum atomic E-state index is -0.499. The van der Waals surface area contributed by atoms with Crippen LogP contribution in [0.25, 0.3) is 12.2 Å². The third-order valence-corrected chi connectivity index (χ3v) is 3.92. The van der Waals surface area contributed by atoms with E-state index in [0.717, 1.165) is 12.0 Å². The lowest BCUT2D eigenvalue weighted by Gasteiger charge is -2.08. The lowest BCUT2D eigenvalue weighted by molar-refractivity contribution is -0.392. The number of nitro groups is 1. The lowest BCUT2D eigenvalue weighted by atomic mass is 9.97. The predicted octanol–water partition coefficient (Wildman–Crippen LogP) is 3.47. The topological polar surface area (TPSA) is 81.2 Å². The van der Waals surface area contributed by atoms with Crippen LogP contribution in [-0.4, -0.2) is 26.2 Å². The van der Waals surface area contributed by atoms with Crippen LogP contribution in [0.4, 0.5) is 5.82 Å². The summed E-state index contributed by atoms with van der Waals surface area (Å²) in [7, 11) is 0. The molecule has 0 radical (unpaired) electrons. The average Bonchev–Trinajstić information content (AvgIpc) is 2.96. The van der Waals surface area contributed by atoms with E-state index in [4.69, 9.17) is 5.11 Å². The van der Waals surface area contributed by atoms with Crippen molar-refractivity contribution in [1.29, 1.82) is 0 Å². The number of aliphatic hydroxyl groups is 1. The van der Waals surface area contributed by atoms with Gasteiger partial charge < -0.3 is 15.2 Å². The summed E-state index contributed by atoms with van der Waals surface area (Å²) in [5.41, 5.74) is 2.29. The van der Waals surface area contributed by atoms with Crippen molar-refractivity contribution in [1.82, 2.24) is 9.55 Å². The molecule has 0 saturated carbocycles. The fourth-order valence-electron chi connectivity index (χ4n) is 2.33. The van der Waals surface area contributed by atoms with Crippen LogP contribution in [0.2, 0.25) is 0 Å². The number of aromatic nitrogens is 2. The molecule has 0 bridgehead atoms. The molecule has 0 aliphatic rings. The molecule has 6 nitrogen and oxygen atoms in total. The van der Waals surface area contributed by atoms with E-state index in [0.29, 0.717) is 11.7 Å². The molecule has 0 saturated heterocycles. The molecule has 1 aromatic carbocycles. The smallest absolute Gasteiger partial charge is 0.343 e. The van der Waals surface area contributed by atoms with Gasteiger partial charge in [0, 0.05) is 6.08 Å². The number of benzene rings is 1. The molecule has 1 atom stereocenters. The second-order valence-corrected chi connectivity index (χ2v) is 5.42. The standard InChI is InChI=1S/C17H21N3O3/c1-3-13(2)15-7-4-14(5-8-15)6-9-16-18-12-17(20(22)23)19(16)10-11-21/h4-9,12-13,21H,3,10-11H2,1-2H3. The van der Waals surface area contributed by atoms with Crippen LogP contribution in [0.5, 0.6) is 0 Å². The van der Waals surface area contributed by atoms with Gasteiger partial charge in [-0.15, -0.1) is 0 Å². The highest BCUT2D eigenvalue weighted by atomic mass is 16.6. The van der Waals surface area contributed by atoms with Gasteiger partial charge in [0.25, 0.3) is 0 Å². The Balaban J connectivity index is 2.21. The van der Waals surface area contributed by atoms with Crippen molar-refractivity contribution in [2.45, 2.75) is 32.7 Å². The van der Waals surface area contributed by atoms with Crippen molar-refractivity contribution in [3.63, 3.8) is 0 Å². The Morgan fingerprint density at radius 3 is 2.61 bits per heavy atom. The van der Waals surface area contributed by atoms with Gasteiger partial charge in [0.15, 0.2) is 0 Å². The van der Waals surface area contributed by atoms with Crippen molar-refractivity contribution in [3.05, 3.63) is 57.5 Å². The third-order valence-electron chi connectivity index (χ3n) is 3.92. The first-order chi connectivity index (χ1) is 11.1. The molecule has 1 unspecified atom stereocenters. The van der Waals surface area contributed by atoms with Crippen LogP contribution in [0.15, 0.2) is 30.5 Å². The van der Waals surface area contributed by atoms with Gasteiger partial charge >= 0.3 is 5.82 Å². The monoisotopic (exact) mass is 315 g/mol. The van der Waals surface area contributed by atoms with E-state index in [1.54, 1.807) is 6.08 Å². The van der Waals surface area contributed by atoms with Gasteiger partial charge in [-0.05, 0) is 34.5 Å². The molecule has 122 valence electrons. The van der Waals surface area contributed by atoms with E-state index in [1.807, 2.05) is 18.2 Å². The summed E-state index contributed by atoms with van der Waals surface area (Å²) in [6.07, 6.45) is 5.89. The molecule has 23 heavy (non-hydrogen) atoms. The minimum absolute atomic E-state index is 0.120. The Hall–Kier alpha value is -2.47. The molecule has 1 heterocycles. The van der Waals surface area contributed by atoms with Crippen LogP contribution < -0.4 is 0 Å². The van der Waals surface area contributed by atoms with Crippen LogP contribution in [0.1, 0.15) is 43.1 Å². The average molecular weight is 315 g/mol. The molecule has 0 spiro atoms. The highest BCUT2D eigenvalue weighted by molar-refractivity contribution is 5.67. The predicted molar refractivity (Wildman–Crippen MR) is 90.0 cm³/mol. The zero-order valence-corrected chi connectivity index (χ0v) is 13.3. The first-order valence-corrected chi connectivity index (χ1v) is 7.65. The maximum atomic E-state index is 11.0. The third kappa shape index (κ3) is 4.04. The second-order valence-electron chi connectivity index (χ2n) is 5.42. The van der Waals surface area contributed by atoms with Crippen molar-refractivity contribution < 1.29 is 10.0 Å². The number of rotatable bonds is 7. The summed E-state index contributed by atoms with van der Waals surface area (Å²) in [4.78, 5) is 14.5. The highest BCUT2D eigenvalue weighted by Crippen LogP contribution is 2.20. The molecule has 2 rings (SSSR count). The van der Waals surface area contributed by atoms with E-state index >= 15 is 0 Å². The quantitative estimate of drug-likeness (QED) is 0.626. The van der Waals surface area contributed by atoms with E-state index < -0.39 is 4.92 Å². The van der Waals surface area contributed by atoms with Crippen LogP contribution in [0.3, 0.4) is 0 Å². The fourth-order valence-corrected chi connectivity index (χ4v) is 2.33. The molecule has 0 aliphatic carbocycles. The molecule has 1 N–H and O–H groups in total. The normalized spacial score (nSPS) is 12.7. The zero-order chi connectivity index (χ0) is 16.8. The Labute approximate surface area is 135 Å². The highest BCUT2D eigenvalue weighted by Gasteiger charge is 2.17. The largest absolute Gasteiger partial charge is 0.392 e. The zero-order valence-electron chi connectivity index (χ0n) is 13.3. The first-order valence-electron chi connectivity index (χ1n) is 7.65. The van der Waals surface area contributed by atoms with Crippen molar-refractivity contribution in [3.8, 4) is 0 Å². The summed E-state index contributed by atoms with van der Waals surface area (Å²) in [6, 6.07) is 8.23. The number of nitrogens with zero attached hydrogens (tertiary/aromatic N) is 3. The summed E-state index contributed by atoms with van der Waals surface area (Å²) in [5, 5.41) is 20.0. The first kappa shape index (κ1) is 16.9. The SMILES string of the molecule is CCC(C)c1ccc(C=Cc2ncc([N+](=O)[O-])n2CCO)cc1. The Morgan fingerprint density at radius 1 is 1.35 bits per heavy atom. The van der Waals surface area contributed by atoms with Crippen molar-refractivity contribution in [2.24, 2.45) is 0 Å². The lowest BCUT2D eigenvalue weighted by Crippen LogP contribution is -2.07.